The highest BCUT2D eigenvalue weighted by Crippen LogP contribution is 1.95. The molecule has 0 saturated carbocycles. The van der Waals surface area contributed by atoms with Crippen LogP contribution in [0.15, 0.2) is 11.6 Å². The average molecular weight is 235 g/mol. The molecule has 0 aliphatic heterocycles. The lowest BCUT2D eigenvalue weighted by atomic mass is 10.3. The maximum Gasteiger partial charge on any atom is 0.352 e. The molecular formula is C8H13NO7. The number of carbonyl (C=O) groups is 2. The summed E-state index contributed by atoms with van der Waals surface area (Å²) in [4.78, 5) is 25.6. The van der Waals surface area contributed by atoms with E-state index in [9.17, 15) is 9.59 Å². The van der Waals surface area contributed by atoms with Crippen LogP contribution < -0.4 is 5.90 Å². The Hall–Kier alpha value is -1.48. The number of nitrogens with two attached hydrogens (primary N) is 1. The Morgan fingerprint density at radius 2 is 2.00 bits per heavy atom. The molecule has 0 aromatic carbocycles. The van der Waals surface area contributed by atoms with Crippen LogP contribution in [0.1, 0.15) is 6.92 Å². The van der Waals surface area contributed by atoms with Gasteiger partial charge in [0.05, 0.1) is 0 Å². The second kappa shape index (κ2) is 8.80. The Bertz CT molecular complexity index is 263. The fourth-order valence-electron chi connectivity index (χ4n) is 0.600. The predicted octanol–water partition coefficient (Wildman–Crippen LogP) is -1.21. The Morgan fingerprint density at radius 3 is 2.56 bits per heavy atom. The summed E-state index contributed by atoms with van der Waals surface area (Å²) in [5.41, 5.74) is -0.000826. The fraction of sp³-hybridized carbons (Fsp3) is 0.500. The molecule has 0 bridgehead atoms. The molecule has 3 N–H and O–H groups in total. The van der Waals surface area contributed by atoms with E-state index in [1.54, 1.807) is 0 Å². The second-order valence-corrected chi connectivity index (χ2v) is 2.47. The summed E-state index contributed by atoms with van der Waals surface area (Å²) in [6, 6.07) is 0. The highest BCUT2D eigenvalue weighted by atomic mass is 16.8. The van der Waals surface area contributed by atoms with Crippen LogP contribution in [0, 0.1) is 0 Å². The van der Waals surface area contributed by atoms with Crippen molar-refractivity contribution in [2.24, 2.45) is 5.90 Å². The van der Waals surface area contributed by atoms with Crippen LogP contribution in [0.5, 0.6) is 0 Å². The van der Waals surface area contributed by atoms with E-state index in [1.165, 1.54) is 6.92 Å². The van der Waals surface area contributed by atoms with Crippen LogP contribution in [0.4, 0.5) is 0 Å². The van der Waals surface area contributed by atoms with Gasteiger partial charge in [0.2, 0.25) is 0 Å². The smallest absolute Gasteiger partial charge is 0.352 e. The lowest BCUT2D eigenvalue weighted by molar-refractivity contribution is -0.172. The molecular weight excluding hydrogens is 222 g/mol. The molecule has 8 nitrogen and oxygen atoms in total. The van der Waals surface area contributed by atoms with E-state index in [-0.39, 0.29) is 19.2 Å². The number of carbonyl (C=O) groups excluding carboxylic acids is 2. The van der Waals surface area contributed by atoms with Crippen molar-refractivity contribution in [1.29, 1.82) is 0 Å². The summed E-state index contributed by atoms with van der Waals surface area (Å²) in [5, 5.41) is 8.20. The number of aliphatic hydroxyl groups is 1. The van der Waals surface area contributed by atoms with E-state index in [1.807, 2.05) is 0 Å². The van der Waals surface area contributed by atoms with Gasteiger partial charge < -0.3 is 24.2 Å². The van der Waals surface area contributed by atoms with Gasteiger partial charge in [-0.05, 0) is 6.92 Å². The molecule has 0 atom stereocenters. The fourth-order valence-corrected chi connectivity index (χ4v) is 0.600. The Balaban J connectivity index is 3.77. The van der Waals surface area contributed by atoms with Gasteiger partial charge >= 0.3 is 11.9 Å². The molecule has 0 aromatic rings. The standard InChI is InChI=1S/C8H13NO7/c1-6(8(12)16-9)2-7(11)15-5-14-4-13-3-10/h2,10H,3-5,9H2,1H3. The third-order valence-electron chi connectivity index (χ3n) is 1.31. The zero-order valence-electron chi connectivity index (χ0n) is 8.67. The molecule has 92 valence electrons. The van der Waals surface area contributed by atoms with Crippen molar-refractivity contribution in [1.82, 2.24) is 0 Å². The van der Waals surface area contributed by atoms with E-state index in [0.717, 1.165) is 6.08 Å². The summed E-state index contributed by atoms with van der Waals surface area (Å²) in [6.07, 6.45) is 0.908. The first kappa shape index (κ1) is 14.5. The van der Waals surface area contributed by atoms with E-state index in [0.29, 0.717) is 0 Å². The van der Waals surface area contributed by atoms with Gasteiger partial charge in [-0.25, -0.2) is 9.59 Å². The maximum atomic E-state index is 11.0. The third-order valence-corrected chi connectivity index (χ3v) is 1.31. The molecule has 0 radical (unpaired) electrons. The molecule has 8 heteroatoms. The number of aliphatic hydroxyl groups excluding tert-OH is 1. The number of ether oxygens (including phenoxy) is 3. The van der Waals surface area contributed by atoms with Crippen molar-refractivity contribution in [2.75, 3.05) is 20.4 Å². The number of hydrogen-bond donors (Lipinski definition) is 2. The quantitative estimate of drug-likeness (QED) is 0.185. The van der Waals surface area contributed by atoms with E-state index in [4.69, 9.17) is 5.11 Å². The summed E-state index contributed by atoms with van der Waals surface area (Å²) in [7, 11) is 0. The minimum Gasteiger partial charge on any atom is -0.435 e. The first-order chi connectivity index (χ1) is 7.61. The lowest BCUT2D eigenvalue weighted by Gasteiger charge is -2.03. The van der Waals surface area contributed by atoms with Crippen LogP contribution in [-0.4, -0.2) is 37.4 Å². The minimum absolute atomic E-state index is 0.000826. The lowest BCUT2D eigenvalue weighted by Crippen LogP contribution is -2.13. The molecule has 0 aromatic heterocycles. The molecule has 0 rings (SSSR count). The Morgan fingerprint density at radius 1 is 1.31 bits per heavy atom. The van der Waals surface area contributed by atoms with Crippen LogP contribution in [0.3, 0.4) is 0 Å². The topological polar surface area (TPSA) is 117 Å². The van der Waals surface area contributed by atoms with Gasteiger partial charge in [-0.1, -0.05) is 0 Å². The van der Waals surface area contributed by atoms with Gasteiger partial charge in [0.15, 0.2) is 13.6 Å². The normalized spacial score (nSPS) is 11.1. The zero-order chi connectivity index (χ0) is 12.4. The van der Waals surface area contributed by atoms with Gasteiger partial charge in [0.25, 0.3) is 0 Å². The van der Waals surface area contributed by atoms with E-state index >= 15 is 0 Å². The van der Waals surface area contributed by atoms with Crippen molar-refractivity contribution < 1.29 is 33.7 Å². The summed E-state index contributed by atoms with van der Waals surface area (Å²) >= 11 is 0. The number of rotatable bonds is 7. The molecule has 0 unspecified atom stereocenters. The average Bonchev–Trinajstić information content (AvgIpc) is 2.27. The molecule has 16 heavy (non-hydrogen) atoms. The Kier molecular flexibility index (Phi) is 7.98. The highest BCUT2D eigenvalue weighted by molar-refractivity contribution is 5.95. The molecule has 0 amide bonds. The second-order valence-electron chi connectivity index (χ2n) is 2.47. The predicted molar refractivity (Wildman–Crippen MR) is 49.1 cm³/mol. The van der Waals surface area contributed by atoms with Gasteiger partial charge in [0, 0.05) is 11.6 Å². The van der Waals surface area contributed by atoms with Gasteiger partial charge in [-0.3, -0.25) is 0 Å². The van der Waals surface area contributed by atoms with Crippen molar-refractivity contribution >= 4 is 11.9 Å². The van der Waals surface area contributed by atoms with Crippen LogP contribution in [0.2, 0.25) is 0 Å². The number of esters is 1. The number of hydrogen-bond acceptors (Lipinski definition) is 8. The SMILES string of the molecule is CC(=CC(=O)OCOCOCO)C(=O)ON. The third kappa shape index (κ3) is 6.90. The first-order valence-electron chi connectivity index (χ1n) is 4.14. The minimum atomic E-state index is -0.832. The van der Waals surface area contributed by atoms with Gasteiger partial charge in [-0.15, -0.1) is 0 Å². The van der Waals surface area contributed by atoms with Crippen molar-refractivity contribution in [3.8, 4) is 0 Å². The molecule has 0 fully saturated rings. The van der Waals surface area contributed by atoms with Crippen LogP contribution in [0.25, 0.3) is 0 Å². The summed E-state index contributed by atoms with van der Waals surface area (Å²) < 4.78 is 13.5. The Labute approximate surface area is 91.5 Å². The van der Waals surface area contributed by atoms with Gasteiger partial charge in [-0.2, -0.15) is 5.90 Å². The molecule has 0 aliphatic rings. The molecule has 0 spiro atoms. The zero-order valence-corrected chi connectivity index (χ0v) is 8.67. The van der Waals surface area contributed by atoms with Crippen LogP contribution >= 0.6 is 0 Å². The molecule has 0 aliphatic carbocycles. The maximum absolute atomic E-state index is 11.0. The molecule has 0 saturated heterocycles. The van der Waals surface area contributed by atoms with E-state index < -0.39 is 18.7 Å². The highest BCUT2D eigenvalue weighted by Gasteiger charge is 2.07. The first-order valence-corrected chi connectivity index (χ1v) is 4.14. The summed E-state index contributed by atoms with van der Waals surface area (Å²) in [5.74, 6) is 2.98. The largest absolute Gasteiger partial charge is 0.435 e. The van der Waals surface area contributed by atoms with Crippen molar-refractivity contribution in [3.63, 3.8) is 0 Å². The van der Waals surface area contributed by atoms with E-state index in [2.05, 4.69) is 24.9 Å². The molecule has 0 heterocycles. The monoisotopic (exact) mass is 235 g/mol. The van der Waals surface area contributed by atoms with Gasteiger partial charge in [0.1, 0.15) is 6.79 Å². The van der Waals surface area contributed by atoms with Crippen molar-refractivity contribution in [2.45, 2.75) is 6.92 Å². The van der Waals surface area contributed by atoms with Crippen LogP contribution in [-0.2, 0) is 28.6 Å². The summed E-state index contributed by atoms with van der Waals surface area (Å²) in [6.45, 7) is 0.277. The van der Waals surface area contributed by atoms with Crippen molar-refractivity contribution in [3.05, 3.63) is 11.6 Å².